The highest BCUT2D eigenvalue weighted by Crippen LogP contribution is 2.31. The van der Waals surface area contributed by atoms with Crippen molar-refractivity contribution in [1.29, 1.82) is 5.26 Å². The number of carbonyl (C=O) groups excluding carboxylic acids is 2. The van der Waals surface area contributed by atoms with E-state index in [1.54, 1.807) is 34.5 Å². The summed E-state index contributed by atoms with van der Waals surface area (Å²) in [5.74, 6) is -0.634. The van der Waals surface area contributed by atoms with E-state index in [0.717, 1.165) is 17.7 Å². The van der Waals surface area contributed by atoms with Crippen LogP contribution in [0.2, 0.25) is 0 Å². The van der Waals surface area contributed by atoms with E-state index < -0.39 is 5.97 Å². The molecule has 1 heterocycles. The number of anilines is 2. The Labute approximate surface area is 173 Å². The first kappa shape index (κ1) is 20.2. The maximum absolute atomic E-state index is 12.3. The minimum Gasteiger partial charge on any atom is -0.456 e. The predicted molar refractivity (Wildman–Crippen MR) is 111 cm³/mol. The molecular weight excluding hydrogens is 386 g/mol. The van der Waals surface area contributed by atoms with Crippen molar-refractivity contribution in [2.24, 2.45) is 0 Å². The second-order valence-corrected chi connectivity index (χ2v) is 7.06. The Balaban J connectivity index is 1.74. The Morgan fingerprint density at radius 1 is 1.17 bits per heavy atom. The van der Waals surface area contributed by atoms with Gasteiger partial charge in [0.25, 0.3) is 0 Å². The van der Waals surface area contributed by atoms with Crippen molar-refractivity contribution in [2.45, 2.75) is 26.9 Å². The maximum atomic E-state index is 12.3. The smallest absolute Gasteiger partial charge is 0.338 e. The van der Waals surface area contributed by atoms with Gasteiger partial charge in [-0.25, -0.2) is 9.78 Å². The van der Waals surface area contributed by atoms with Gasteiger partial charge in [0.15, 0.2) is 5.13 Å². The van der Waals surface area contributed by atoms with Crippen molar-refractivity contribution in [3.63, 3.8) is 0 Å². The molecule has 7 heteroatoms. The molecule has 0 saturated carbocycles. The van der Waals surface area contributed by atoms with Gasteiger partial charge in [-0.2, -0.15) is 5.26 Å². The van der Waals surface area contributed by atoms with Crippen LogP contribution < -0.4 is 4.90 Å². The Kier molecular flexibility index (Phi) is 6.37. The van der Waals surface area contributed by atoms with Gasteiger partial charge in [-0.05, 0) is 42.3 Å². The van der Waals surface area contributed by atoms with Gasteiger partial charge in [-0.15, -0.1) is 11.3 Å². The summed E-state index contributed by atoms with van der Waals surface area (Å²) in [5.41, 5.74) is 3.25. The molecular formula is C22H19N3O3S. The van der Waals surface area contributed by atoms with E-state index in [0.29, 0.717) is 22.0 Å². The molecule has 29 heavy (non-hydrogen) atoms. The number of aryl methyl sites for hydroxylation is 1. The highest BCUT2D eigenvalue weighted by molar-refractivity contribution is 7.14. The van der Waals surface area contributed by atoms with Gasteiger partial charge < -0.3 is 4.74 Å². The number of ether oxygens (including phenoxy) is 1. The van der Waals surface area contributed by atoms with Crippen LogP contribution in [-0.2, 0) is 22.6 Å². The molecule has 0 aliphatic heterocycles. The quantitative estimate of drug-likeness (QED) is 0.559. The third-order valence-corrected chi connectivity index (χ3v) is 5.13. The lowest BCUT2D eigenvalue weighted by Gasteiger charge is -2.20. The maximum Gasteiger partial charge on any atom is 0.338 e. The fraction of sp³-hybridized carbons (Fsp3) is 0.182. The summed E-state index contributed by atoms with van der Waals surface area (Å²) in [6, 6.07) is 15.9. The average Bonchev–Trinajstić information content (AvgIpc) is 3.20. The number of aromatic nitrogens is 1. The number of rotatable bonds is 6. The van der Waals surface area contributed by atoms with Crippen molar-refractivity contribution in [1.82, 2.24) is 4.98 Å². The Bertz CT molecular complexity index is 1070. The number of nitriles is 1. The van der Waals surface area contributed by atoms with Gasteiger partial charge in [0, 0.05) is 12.3 Å². The average molecular weight is 405 g/mol. The third-order valence-electron chi connectivity index (χ3n) is 4.26. The molecule has 0 saturated heterocycles. The molecule has 3 aromatic rings. The highest BCUT2D eigenvalue weighted by atomic mass is 32.1. The van der Waals surface area contributed by atoms with E-state index >= 15 is 0 Å². The number of hydrogen-bond acceptors (Lipinski definition) is 6. The number of amides is 1. The number of carbonyl (C=O) groups is 2. The van der Waals surface area contributed by atoms with Gasteiger partial charge >= 0.3 is 5.97 Å². The molecule has 6 nitrogen and oxygen atoms in total. The molecule has 0 unspecified atom stereocenters. The first-order valence-corrected chi connectivity index (χ1v) is 9.91. The molecule has 0 bridgehead atoms. The Hall–Kier alpha value is -3.50. The molecule has 3 rings (SSSR count). The summed E-state index contributed by atoms with van der Waals surface area (Å²) in [5, 5.41) is 11.1. The summed E-state index contributed by atoms with van der Waals surface area (Å²) in [6.07, 6.45) is 0.792. The first-order valence-electron chi connectivity index (χ1n) is 9.03. The van der Waals surface area contributed by atoms with E-state index in [1.165, 1.54) is 18.3 Å². The van der Waals surface area contributed by atoms with Crippen molar-refractivity contribution >= 4 is 34.0 Å². The summed E-state index contributed by atoms with van der Waals surface area (Å²) < 4.78 is 5.31. The van der Waals surface area contributed by atoms with Gasteiger partial charge in [0.1, 0.15) is 6.61 Å². The zero-order chi connectivity index (χ0) is 20.8. The summed E-state index contributed by atoms with van der Waals surface area (Å²) in [6.45, 7) is 3.53. The monoisotopic (exact) mass is 405 g/mol. The van der Waals surface area contributed by atoms with Gasteiger partial charge in [0.05, 0.1) is 28.6 Å². The summed E-state index contributed by atoms with van der Waals surface area (Å²) in [4.78, 5) is 30.5. The molecule has 146 valence electrons. The minimum absolute atomic E-state index is 0.00347. The van der Waals surface area contributed by atoms with Crippen LogP contribution in [0.25, 0.3) is 0 Å². The van der Waals surface area contributed by atoms with E-state index in [1.807, 2.05) is 37.3 Å². The number of nitrogens with zero attached hydrogens (tertiary/aromatic N) is 3. The number of para-hydroxylation sites is 1. The number of benzene rings is 2. The molecule has 0 aliphatic rings. The van der Waals surface area contributed by atoms with E-state index in [2.05, 4.69) is 4.98 Å². The highest BCUT2D eigenvalue weighted by Gasteiger charge is 2.20. The molecule has 0 N–H and O–H groups in total. The van der Waals surface area contributed by atoms with Crippen molar-refractivity contribution in [2.75, 3.05) is 4.90 Å². The number of thiazole rings is 1. The lowest BCUT2D eigenvalue weighted by Crippen LogP contribution is -2.23. The second-order valence-electron chi connectivity index (χ2n) is 6.22. The van der Waals surface area contributed by atoms with Crippen LogP contribution in [0.4, 0.5) is 10.8 Å². The zero-order valence-corrected chi connectivity index (χ0v) is 16.9. The Morgan fingerprint density at radius 2 is 1.90 bits per heavy atom. The Morgan fingerprint density at radius 3 is 2.55 bits per heavy atom. The summed E-state index contributed by atoms with van der Waals surface area (Å²) >= 11 is 1.32. The van der Waals surface area contributed by atoms with Crippen LogP contribution in [0.15, 0.2) is 53.9 Å². The van der Waals surface area contributed by atoms with E-state index in [-0.39, 0.29) is 12.5 Å². The van der Waals surface area contributed by atoms with Crippen LogP contribution in [0.3, 0.4) is 0 Å². The molecule has 0 atom stereocenters. The van der Waals surface area contributed by atoms with Crippen LogP contribution in [-0.4, -0.2) is 16.9 Å². The number of esters is 1. The van der Waals surface area contributed by atoms with Crippen LogP contribution in [0.1, 0.15) is 41.0 Å². The van der Waals surface area contributed by atoms with Crippen molar-refractivity contribution in [3.05, 3.63) is 76.3 Å². The standard InChI is InChI=1S/C22H19N3O3S/c1-3-17-6-4-5-7-20(17)25(15(2)26)22-24-19(14-29-22)13-28-21(27)18-10-8-16(12-23)9-11-18/h4-11,14H,3,13H2,1-2H3. The van der Waals surface area contributed by atoms with Crippen LogP contribution >= 0.6 is 11.3 Å². The predicted octanol–water partition coefficient (Wildman–Crippen LogP) is 4.62. The van der Waals surface area contributed by atoms with Gasteiger partial charge in [-0.3, -0.25) is 9.69 Å². The first-order chi connectivity index (χ1) is 14.0. The molecule has 0 aliphatic carbocycles. The third kappa shape index (κ3) is 4.68. The summed E-state index contributed by atoms with van der Waals surface area (Å²) in [7, 11) is 0. The van der Waals surface area contributed by atoms with E-state index in [9.17, 15) is 9.59 Å². The van der Waals surface area contributed by atoms with Gasteiger partial charge in [-0.1, -0.05) is 25.1 Å². The van der Waals surface area contributed by atoms with Crippen LogP contribution in [0.5, 0.6) is 0 Å². The fourth-order valence-electron chi connectivity index (χ4n) is 2.80. The fourth-order valence-corrected chi connectivity index (χ4v) is 3.67. The van der Waals surface area contributed by atoms with E-state index in [4.69, 9.17) is 10.00 Å². The second kappa shape index (κ2) is 9.13. The normalized spacial score (nSPS) is 10.2. The van der Waals surface area contributed by atoms with Crippen molar-refractivity contribution < 1.29 is 14.3 Å². The number of hydrogen-bond donors (Lipinski definition) is 0. The lowest BCUT2D eigenvalue weighted by atomic mass is 10.1. The lowest BCUT2D eigenvalue weighted by molar-refractivity contribution is -0.115. The molecule has 1 amide bonds. The SMILES string of the molecule is CCc1ccccc1N(C(C)=O)c1nc(COC(=O)c2ccc(C#N)cc2)cs1. The molecule has 2 aromatic carbocycles. The van der Waals surface area contributed by atoms with Crippen molar-refractivity contribution in [3.8, 4) is 6.07 Å². The zero-order valence-electron chi connectivity index (χ0n) is 16.1. The largest absolute Gasteiger partial charge is 0.456 e. The molecule has 0 fully saturated rings. The molecule has 0 radical (unpaired) electrons. The topological polar surface area (TPSA) is 83.3 Å². The molecule has 0 spiro atoms. The van der Waals surface area contributed by atoms with Gasteiger partial charge in [0.2, 0.25) is 5.91 Å². The molecule has 1 aromatic heterocycles. The van der Waals surface area contributed by atoms with Crippen LogP contribution in [0, 0.1) is 11.3 Å². The minimum atomic E-state index is -0.496.